The first kappa shape index (κ1) is 35.3. The number of carbonyl (C=O) groups excluding carboxylic acids is 2. The molecule has 3 aromatic carbocycles. The zero-order valence-corrected chi connectivity index (χ0v) is 29.1. The van der Waals surface area contributed by atoms with Gasteiger partial charge in [0, 0.05) is 40.0 Å². The van der Waals surface area contributed by atoms with Crippen LogP contribution in [0.3, 0.4) is 0 Å². The normalized spacial score (nSPS) is 17.6. The van der Waals surface area contributed by atoms with E-state index in [4.69, 9.17) is 4.74 Å². The van der Waals surface area contributed by atoms with Gasteiger partial charge in [0.15, 0.2) is 0 Å². The van der Waals surface area contributed by atoms with Crippen molar-refractivity contribution in [3.05, 3.63) is 89.0 Å². The predicted molar refractivity (Wildman–Crippen MR) is 186 cm³/mol. The van der Waals surface area contributed by atoms with Gasteiger partial charge in [0.25, 0.3) is 0 Å². The van der Waals surface area contributed by atoms with E-state index in [0.717, 1.165) is 65.9 Å². The van der Waals surface area contributed by atoms with Gasteiger partial charge in [0.2, 0.25) is 5.91 Å². The molecule has 9 heteroatoms. The lowest BCUT2D eigenvalue weighted by atomic mass is 9.73. The number of aryl methyl sites for hydroxylation is 1. The number of carboxylic acids is 2. The van der Waals surface area contributed by atoms with Gasteiger partial charge in [0.05, 0.1) is 10.7 Å². The molecule has 1 aliphatic carbocycles. The molecule has 256 valence electrons. The van der Waals surface area contributed by atoms with Crippen molar-refractivity contribution in [2.75, 3.05) is 11.1 Å². The molecule has 1 saturated carbocycles. The summed E-state index contributed by atoms with van der Waals surface area (Å²) in [4.78, 5) is 38.4. The maximum Gasteiger partial charge on any atom is 0.316 e. The smallest absolute Gasteiger partial charge is 0.316 e. The van der Waals surface area contributed by atoms with Crippen molar-refractivity contribution < 1.29 is 33.5 Å². The van der Waals surface area contributed by atoms with Crippen molar-refractivity contribution in [1.82, 2.24) is 0 Å². The van der Waals surface area contributed by atoms with Crippen LogP contribution in [0.15, 0.2) is 66.7 Å². The van der Waals surface area contributed by atoms with Crippen LogP contribution in [0.2, 0.25) is 0 Å². The Bertz CT molecular complexity index is 1640. The maximum absolute atomic E-state index is 13.8. The lowest BCUT2D eigenvalue weighted by molar-refractivity contribution is -0.311. The quantitative estimate of drug-likeness (QED) is 0.218. The minimum atomic E-state index is -2.20. The van der Waals surface area contributed by atoms with Crippen LogP contribution in [-0.2, 0) is 37.0 Å². The second-order valence-electron chi connectivity index (χ2n) is 14.4. The van der Waals surface area contributed by atoms with E-state index < -0.39 is 39.2 Å². The number of ether oxygens (including phenoxy) is 1. The van der Waals surface area contributed by atoms with Crippen LogP contribution in [0.25, 0.3) is 0 Å². The number of carbonyl (C=O) groups is 3. The van der Waals surface area contributed by atoms with E-state index in [1.807, 2.05) is 66.7 Å². The highest BCUT2D eigenvalue weighted by Crippen LogP contribution is 2.46. The maximum atomic E-state index is 13.8. The summed E-state index contributed by atoms with van der Waals surface area (Å²) in [6.45, 7) is 7.98. The number of benzene rings is 3. The monoisotopic (exact) mass is 672 g/mol. The Morgan fingerprint density at radius 3 is 2.12 bits per heavy atom. The van der Waals surface area contributed by atoms with E-state index in [1.165, 1.54) is 0 Å². The molecule has 1 fully saturated rings. The fourth-order valence-corrected chi connectivity index (χ4v) is 9.24. The molecule has 2 aliphatic rings. The summed E-state index contributed by atoms with van der Waals surface area (Å²) < 4.78 is 17.9. The number of nitrogens with one attached hydrogen (secondary N) is 1. The number of fused-ring (bicyclic) bond motifs is 2. The minimum Gasteiger partial charge on any atom is -0.549 e. The van der Waals surface area contributed by atoms with Gasteiger partial charge < -0.3 is 25.1 Å². The van der Waals surface area contributed by atoms with E-state index in [1.54, 1.807) is 6.92 Å². The van der Waals surface area contributed by atoms with Crippen molar-refractivity contribution in [2.24, 2.45) is 11.8 Å². The third-order valence-corrected chi connectivity index (χ3v) is 12.3. The molecule has 48 heavy (non-hydrogen) atoms. The fraction of sp³-hybridized carbons (Fsp3) is 0.462. The molecule has 2 N–H and O–H groups in total. The standard InChI is InChI=1S/C39H47NO7S/c1-25(27-12-6-5-7-13-27)39(37(44)45,48(46)24-36(42)43)21-20-26-18-19-31(38(2,3)4)32(22-26)40-35(41)23-30-28-14-8-10-16-33(28)47-34-17-11-9-15-29(30)34/h8-11,14-19,22,25,27,30H,5-7,12-13,20-21,23-24H2,1-4H3,(H,40,41)(H,42,43)(H,44,45)/p-1. The van der Waals surface area contributed by atoms with E-state index in [2.05, 4.69) is 26.1 Å². The van der Waals surface area contributed by atoms with Crippen molar-refractivity contribution in [3.63, 3.8) is 0 Å². The summed E-state index contributed by atoms with van der Waals surface area (Å²) in [5, 5.41) is 25.6. The topological polar surface area (TPSA) is 133 Å². The first-order valence-corrected chi connectivity index (χ1v) is 18.2. The van der Waals surface area contributed by atoms with Crippen LogP contribution in [0, 0.1) is 11.8 Å². The Hall–Kier alpha value is -3.98. The SMILES string of the molecule is CC(C1CCCCC1)C(CCc1ccc(C(C)(C)C)c(NC(=O)CC2c3ccccc3Oc3ccccc32)c1)(C(=O)[O-])S(=O)CC(=O)O. The Balaban J connectivity index is 1.43. The first-order chi connectivity index (χ1) is 22.8. The summed E-state index contributed by atoms with van der Waals surface area (Å²) in [6, 6.07) is 21.2. The third-order valence-electron chi connectivity index (χ3n) is 10.2. The molecular formula is C39H46NO7S-. The molecule has 3 aromatic rings. The number of anilines is 1. The third kappa shape index (κ3) is 7.51. The molecule has 1 amide bonds. The molecule has 1 heterocycles. The average molecular weight is 673 g/mol. The highest BCUT2D eigenvalue weighted by Gasteiger charge is 2.47. The van der Waals surface area contributed by atoms with Crippen molar-refractivity contribution in [2.45, 2.75) is 95.1 Å². The van der Waals surface area contributed by atoms with Crippen molar-refractivity contribution in [1.29, 1.82) is 0 Å². The van der Waals surface area contributed by atoms with Gasteiger partial charge in [0.1, 0.15) is 17.3 Å². The van der Waals surface area contributed by atoms with E-state index in [0.29, 0.717) is 5.69 Å². The van der Waals surface area contributed by atoms with Crippen LogP contribution in [0.5, 0.6) is 11.5 Å². The Morgan fingerprint density at radius 2 is 1.56 bits per heavy atom. The molecule has 3 unspecified atom stereocenters. The van der Waals surface area contributed by atoms with E-state index in [-0.39, 0.29) is 42.4 Å². The molecule has 5 rings (SSSR count). The zero-order valence-electron chi connectivity index (χ0n) is 28.3. The lowest BCUT2D eigenvalue weighted by Crippen LogP contribution is -2.58. The lowest BCUT2D eigenvalue weighted by Gasteiger charge is -2.44. The van der Waals surface area contributed by atoms with E-state index >= 15 is 0 Å². The van der Waals surface area contributed by atoms with Crippen LogP contribution >= 0.6 is 0 Å². The summed E-state index contributed by atoms with van der Waals surface area (Å²) in [6.07, 6.45) is 5.01. The average Bonchev–Trinajstić information content (AvgIpc) is 3.04. The number of rotatable bonds is 12. The van der Waals surface area contributed by atoms with Gasteiger partial charge >= 0.3 is 5.97 Å². The Labute approximate surface area is 285 Å². The predicted octanol–water partition coefficient (Wildman–Crippen LogP) is 6.72. The van der Waals surface area contributed by atoms with Gasteiger partial charge in [-0.25, -0.2) is 0 Å². The van der Waals surface area contributed by atoms with Crippen LogP contribution < -0.4 is 15.2 Å². The van der Waals surface area contributed by atoms with Gasteiger partial charge in [-0.05, 0) is 59.4 Å². The molecular weight excluding hydrogens is 626 g/mol. The van der Waals surface area contributed by atoms with Gasteiger partial charge in [-0.2, -0.15) is 0 Å². The van der Waals surface area contributed by atoms with Crippen LogP contribution in [0.4, 0.5) is 5.69 Å². The highest BCUT2D eigenvalue weighted by atomic mass is 32.2. The van der Waals surface area contributed by atoms with E-state index in [9.17, 15) is 28.8 Å². The Morgan fingerprint density at radius 1 is 0.958 bits per heavy atom. The summed E-state index contributed by atoms with van der Waals surface area (Å²) >= 11 is 0. The van der Waals surface area contributed by atoms with Crippen molar-refractivity contribution >= 4 is 34.3 Å². The zero-order chi connectivity index (χ0) is 34.6. The molecule has 1 aliphatic heterocycles. The number of hydrogen-bond acceptors (Lipinski definition) is 6. The number of hydrogen-bond donors (Lipinski definition) is 2. The molecule has 0 radical (unpaired) electrons. The minimum absolute atomic E-state index is 0.0213. The Kier molecular flexibility index (Phi) is 10.8. The summed E-state index contributed by atoms with van der Waals surface area (Å²) in [7, 11) is -2.20. The number of para-hydroxylation sites is 2. The van der Waals surface area contributed by atoms with Crippen LogP contribution in [-0.4, -0.2) is 37.7 Å². The molecule has 0 saturated heterocycles. The summed E-state index contributed by atoms with van der Waals surface area (Å²) in [5.41, 5.74) is 3.88. The molecule has 3 atom stereocenters. The number of carboxylic acid groups (broad SMARTS) is 2. The number of amides is 1. The number of aliphatic carboxylic acids is 2. The van der Waals surface area contributed by atoms with Gasteiger partial charge in [-0.3, -0.25) is 13.8 Å². The molecule has 8 nitrogen and oxygen atoms in total. The van der Waals surface area contributed by atoms with Gasteiger partial charge in [-0.15, -0.1) is 0 Å². The molecule has 0 spiro atoms. The van der Waals surface area contributed by atoms with Crippen LogP contribution in [0.1, 0.15) is 101 Å². The second-order valence-corrected chi connectivity index (χ2v) is 16.1. The second kappa shape index (κ2) is 14.6. The molecule has 0 bridgehead atoms. The fourth-order valence-electron chi connectivity index (χ4n) is 7.64. The highest BCUT2D eigenvalue weighted by molar-refractivity contribution is 7.88. The van der Waals surface area contributed by atoms with Crippen molar-refractivity contribution in [3.8, 4) is 11.5 Å². The van der Waals surface area contributed by atoms with Gasteiger partial charge in [-0.1, -0.05) is 108 Å². The summed E-state index contributed by atoms with van der Waals surface area (Å²) in [5.74, 6) is -2.95. The molecule has 0 aromatic heterocycles. The largest absolute Gasteiger partial charge is 0.549 e. The first-order valence-electron chi connectivity index (χ1n) is 16.9.